The van der Waals surface area contributed by atoms with E-state index in [1.165, 1.54) is 6.42 Å². The van der Waals surface area contributed by atoms with E-state index in [1.807, 2.05) is 4.90 Å². The minimum absolute atomic E-state index is 0.0496. The summed E-state index contributed by atoms with van der Waals surface area (Å²) < 4.78 is 0. The van der Waals surface area contributed by atoms with Crippen molar-refractivity contribution < 1.29 is 9.59 Å². The predicted molar refractivity (Wildman–Crippen MR) is 78.5 cm³/mol. The van der Waals surface area contributed by atoms with Gasteiger partial charge in [0.1, 0.15) is 0 Å². The Morgan fingerprint density at radius 1 is 1.30 bits per heavy atom. The number of nitrogens with one attached hydrogen (secondary N) is 1. The third-order valence-corrected chi connectivity index (χ3v) is 3.66. The van der Waals surface area contributed by atoms with E-state index in [2.05, 4.69) is 12.2 Å². The smallest absolute Gasteiger partial charge is 0.254 e. The number of piperidine rings is 1. The van der Waals surface area contributed by atoms with Crippen LogP contribution in [0.2, 0.25) is 0 Å². The lowest BCUT2D eigenvalue weighted by Crippen LogP contribution is -2.42. The largest absolute Gasteiger partial charge is 0.336 e. The summed E-state index contributed by atoms with van der Waals surface area (Å²) in [5.41, 5.74) is 6.55. The fraction of sp³-hybridized carbons (Fsp3) is 0.467. The number of nitrogens with two attached hydrogens (primary N) is 1. The average Bonchev–Trinajstić information content (AvgIpc) is 2.47. The van der Waals surface area contributed by atoms with E-state index < -0.39 is 0 Å². The Morgan fingerprint density at radius 2 is 2.00 bits per heavy atom. The standard InChI is InChI=1S/C15H21N3O2/c1-11-4-2-3-9-18(11)15(20)12-5-7-13(8-6-12)17-14(19)10-16/h5-8,11H,2-4,9-10,16H2,1H3,(H,17,19). The zero-order valence-corrected chi connectivity index (χ0v) is 11.8. The molecule has 2 rings (SSSR count). The third-order valence-electron chi connectivity index (χ3n) is 3.66. The van der Waals surface area contributed by atoms with Crippen LogP contribution in [0, 0.1) is 0 Å². The highest BCUT2D eigenvalue weighted by Crippen LogP contribution is 2.20. The Kier molecular flexibility index (Phi) is 4.74. The Hall–Kier alpha value is -1.88. The second-order valence-corrected chi connectivity index (χ2v) is 5.17. The van der Waals surface area contributed by atoms with Crippen LogP contribution < -0.4 is 11.1 Å². The van der Waals surface area contributed by atoms with Crippen molar-refractivity contribution in [1.82, 2.24) is 4.90 Å². The van der Waals surface area contributed by atoms with Gasteiger partial charge in [0.15, 0.2) is 0 Å². The number of carbonyl (C=O) groups is 2. The van der Waals surface area contributed by atoms with Gasteiger partial charge in [-0.3, -0.25) is 9.59 Å². The van der Waals surface area contributed by atoms with E-state index in [9.17, 15) is 9.59 Å². The van der Waals surface area contributed by atoms with E-state index >= 15 is 0 Å². The van der Waals surface area contributed by atoms with Gasteiger partial charge in [-0.25, -0.2) is 0 Å². The molecule has 1 aliphatic heterocycles. The zero-order chi connectivity index (χ0) is 14.5. The van der Waals surface area contributed by atoms with Gasteiger partial charge in [0.05, 0.1) is 6.54 Å². The van der Waals surface area contributed by atoms with Crippen LogP contribution >= 0.6 is 0 Å². The number of nitrogens with zero attached hydrogens (tertiary/aromatic N) is 1. The number of rotatable bonds is 3. The lowest BCUT2D eigenvalue weighted by molar-refractivity contribution is -0.114. The molecule has 1 aliphatic rings. The Morgan fingerprint density at radius 3 is 2.60 bits per heavy atom. The third kappa shape index (κ3) is 3.36. The summed E-state index contributed by atoms with van der Waals surface area (Å²) in [5, 5.41) is 2.66. The molecule has 0 bridgehead atoms. The highest BCUT2D eigenvalue weighted by atomic mass is 16.2. The van der Waals surface area contributed by atoms with Crippen LogP contribution in [-0.2, 0) is 4.79 Å². The SMILES string of the molecule is CC1CCCCN1C(=O)c1ccc(NC(=O)CN)cc1. The van der Waals surface area contributed by atoms with Crippen molar-refractivity contribution in [1.29, 1.82) is 0 Å². The average molecular weight is 275 g/mol. The molecule has 1 unspecified atom stereocenters. The molecule has 1 atom stereocenters. The lowest BCUT2D eigenvalue weighted by atomic mass is 10.0. The summed E-state index contributed by atoms with van der Waals surface area (Å²) in [6.07, 6.45) is 3.33. The van der Waals surface area contributed by atoms with Crippen LogP contribution in [0.1, 0.15) is 36.5 Å². The van der Waals surface area contributed by atoms with Gasteiger partial charge < -0.3 is 16.0 Å². The molecular weight excluding hydrogens is 254 g/mol. The molecule has 20 heavy (non-hydrogen) atoms. The molecule has 0 saturated carbocycles. The number of anilines is 1. The topological polar surface area (TPSA) is 75.4 Å². The van der Waals surface area contributed by atoms with Crippen molar-refractivity contribution >= 4 is 17.5 Å². The van der Waals surface area contributed by atoms with Crippen molar-refractivity contribution in [3.05, 3.63) is 29.8 Å². The summed E-state index contributed by atoms with van der Waals surface area (Å²) in [4.78, 5) is 25.5. The molecule has 1 fully saturated rings. The van der Waals surface area contributed by atoms with Gasteiger partial charge in [0.2, 0.25) is 5.91 Å². The molecule has 1 heterocycles. The highest BCUT2D eigenvalue weighted by molar-refractivity contribution is 5.96. The van der Waals surface area contributed by atoms with Gasteiger partial charge >= 0.3 is 0 Å². The summed E-state index contributed by atoms with van der Waals surface area (Å²) in [6.45, 7) is 2.87. The van der Waals surface area contributed by atoms with Gasteiger partial charge in [-0.05, 0) is 50.5 Å². The number of hydrogen-bond acceptors (Lipinski definition) is 3. The van der Waals surface area contributed by atoms with E-state index in [-0.39, 0.29) is 18.4 Å². The molecule has 1 saturated heterocycles. The maximum Gasteiger partial charge on any atom is 0.254 e. The van der Waals surface area contributed by atoms with E-state index in [4.69, 9.17) is 5.73 Å². The molecule has 5 nitrogen and oxygen atoms in total. The van der Waals surface area contributed by atoms with Crippen LogP contribution in [0.3, 0.4) is 0 Å². The first-order valence-corrected chi connectivity index (χ1v) is 7.03. The second-order valence-electron chi connectivity index (χ2n) is 5.17. The van der Waals surface area contributed by atoms with Crippen LogP contribution in [0.15, 0.2) is 24.3 Å². The Labute approximate surface area is 119 Å². The van der Waals surface area contributed by atoms with Crippen LogP contribution in [0.5, 0.6) is 0 Å². The van der Waals surface area contributed by atoms with Crippen LogP contribution in [0.25, 0.3) is 0 Å². The fourth-order valence-corrected chi connectivity index (χ4v) is 2.47. The first kappa shape index (κ1) is 14.5. The number of benzene rings is 1. The van der Waals surface area contributed by atoms with E-state index in [0.29, 0.717) is 17.3 Å². The van der Waals surface area contributed by atoms with Gasteiger partial charge in [-0.15, -0.1) is 0 Å². The van der Waals surface area contributed by atoms with Crippen LogP contribution in [0.4, 0.5) is 5.69 Å². The number of carbonyl (C=O) groups excluding carboxylic acids is 2. The van der Waals surface area contributed by atoms with Crippen molar-refractivity contribution in [2.45, 2.75) is 32.2 Å². The first-order chi connectivity index (χ1) is 9.61. The lowest BCUT2D eigenvalue weighted by Gasteiger charge is -2.33. The van der Waals surface area contributed by atoms with Crippen molar-refractivity contribution in [2.75, 3.05) is 18.4 Å². The van der Waals surface area contributed by atoms with E-state index in [1.54, 1.807) is 24.3 Å². The molecule has 108 valence electrons. The predicted octanol–water partition coefficient (Wildman–Crippen LogP) is 1.60. The molecule has 0 spiro atoms. The summed E-state index contributed by atoms with van der Waals surface area (Å²) in [7, 11) is 0. The van der Waals surface area contributed by atoms with Gasteiger partial charge in [0.25, 0.3) is 5.91 Å². The molecule has 1 aromatic carbocycles. The minimum Gasteiger partial charge on any atom is -0.336 e. The molecule has 3 N–H and O–H groups in total. The zero-order valence-electron chi connectivity index (χ0n) is 11.8. The number of amides is 2. The van der Waals surface area contributed by atoms with Gasteiger partial charge in [-0.2, -0.15) is 0 Å². The fourth-order valence-electron chi connectivity index (χ4n) is 2.47. The molecular formula is C15H21N3O2. The van der Waals surface area contributed by atoms with Gasteiger partial charge in [0, 0.05) is 23.8 Å². The maximum atomic E-state index is 12.4. The minimum atomic E-state index is -0.242. The first-order valence-electron chi connectivity index (χ1n) is 7.03. The normalized spacial score (nSPS) is 18.7. The highest BCUT2D eigenvalue weighted by Gasteiger charge is 2.23. The monoisotopic (exact) mass is 275 g/mol. The molecule has 0 aliphatic carbocycles. The van der Waals surface area contributed by atoms with Crippen molar-refractivity contribution in [3.63, 3.8) is 0 Å². The van der Waals surface area contributed by atoms with Crippen LogP contribution in [-0.4, -0.2) is 35.8 Å². The second kappa shape index (κ2) is 6.52. The quantitative estimate of drug-likeness (QED) is 0.879. The van der Waals surface area contributed by atoms with Crippen molar-refractivity contribution in [2.24, 2.45) is 5.73 Å². The number of hydrogen-bond donors (Lipinski definition) is 2. The van der Waals surface area contributed by atoms with Crippen molar-refractivity contribution in [3.8, 4) is 0 Å². The molecule has 0 aromatic heterocycles. The summed E-state index contributed by atoms with van der Waals surface area (Å²) in [6, 6.07) is 7.25. The molecule has 2 amide bonds. The molecule has 0 radical (unpaired) electrons. The number of likely N-dealkylation sites (tertiary alicyclic amines) is 1. The summed E-state index contributed by atoms with van der Waals surface area (Å²) in [5.74, 6) is -0.178. The summed E-state index contributed by atoms with van der Waals surface area (Å²) >= 11 is 0. The van der Waals surface area contributed by atoms with Gasteiger partial charge in [-0.1, -0.05) is 0 Å². The van der Waals surface area contributed by atoms with E-state index in [0.717, 1.165) is 19.4 Å². The molecule has 5 heteroatoms. The Balaban J connectivity index is 2.05. The maximum absolute atomic E-state index is 12.4. The Bertz CT molecular complexity index is 484. The molecule has 1 aromatic rings.